The van der Waals surface area contributed by atoms with Gasteiger partial charge in [0.05, 0.1) is 25.3 Å². The first-order valence-electron chi connectivity index (χ1n) is 9.71. The van der Waals surface area contributed by atoms with Gasteiger partial charge in [0, 0.05) is 29.6 Å². The molecule has 2 aliphatic heterocycles. The molecule has 0 aliphatic carbocycles. The number of thiophene rings is 1. The summed E-state index contributed by atoms with van der Waals surface area (Å²) < 4.78 is 16.2. The van der Waals surface area contributed by atoms with E-state index < -0.39 is 5.92 Å². The van der Waals surface area contributed by atoms with Crippen LogP contribution in [0.5, 0.6) is 11.5 Å². The smallest absolute Gasteiger partial charge is 0.231 e. The van der Waals surface area contributed by atoms with Crippen LogP contribution in [0, 0.1) is 5.92 Å². The minimum Gasteiger partial charge on any atom is -0.467 e. The predicted molar refractivity (Wildman–Crippen MR) is 110 cm³/mol. The van der Waals surface area contributed by atoms with E-state index in [2.05, 4.69) is 0 Å². The molecule has 0 radical (unpaired) electrons. The third-order valence-corrected chi connectivity index (χ3v) is 6.17. The minimum absolute atomic E-state index is 0.0450. The molecule has 0 N–H and O–H groups in total. The maximum Gasteiger partial charge on any atom is 0.231 e. The Hall–Kier alpha value is -3.26. The zero-order chi connectivity index (χ0) is 20.5. The Morgan fingerprint density at radius 1 is 1.13 bits per heavy atom. The first kappa shape index (κ1) is 18.7. The maximum absolute atomic E-state index is 13.4. The predicted octanol–water partition coefficient (Wildman–Crippen LogP) is 3.65. The van der Waals surface area contributed by atoms with E-state index in [4.69, 9.17) is 13.9 Å². The van der Waals surface area contributed by atoms with Gasteiger partial charge >= 0.3 is 0 Å². The Balaban J connectivity index is 1.34. The SMILES string of the molecule is O=C(C1CC(=O)N(c2ccc3c(c2)OCO3)C1)N(Cc1ccco1)Cc1cccs1. The number of fused-ring (bicyclic) bond motifs is 1. The molecule has 0 saturated carbocycles. The van der Waals surface area contributed by atoms with Gasteiger partial charge in [-0.15, -0.1) is 11.3 Å². The Bertz CT molecular complexity index is 1010. The highest BCUT2D eigenvalue weighted by atomic mass is 32.1. The first-order chi connectivity index (χ1) is 14.7. The minimum atomic E-state index is -0.405. The Labute approximate surface area is 177 Å². The molecule has 30 heavy (non-hydrogen) atoms. The lowest BCUT2D eigenvalue weighted by atomic mass is 10.1. The third-order valence-electron chi connectivity index (χ3n) is 5.31. The van der Waals surface area contributed by atoms with E-state index in [1.165, 1.54) is 0 Å². The number of furan rings is 1. The number of nitrogens with zero attached hydrogens (tertiary/aromatic N) is 2. The van der Waals surface area contributed by atoms with Gasteiger partial charge in [-0.2, -0.15) is 0 Å². The molecule has 3 aromatic rings. The molecular weight excluding hydrogens is 404 g/mol. The topological polar surface area (TPSA) is 72.2 Å². The second kappa shape index (κ2) is 7.87. The fourth-order valence-corrected chi connectivity index (χ4v) is 4.55. The Kier molecular flexibility index (Phi) is 4.92. The lowest BCUT2D eigenvalue weighted by Crippen LogP contribution is -2.36. The van der Waals surface area contributed by atoms with Crippen LogP contribution in [0.2, 0.25) is 0 Å². The highest BCUT2D eigenvalue weighted by Crippen LogP contribution is 2.37. The molecule has 4 heterocycles. The van der Waals surface area contributed by atoms with Crippen LogP contribution in [0.1, 0.15) is 17.1 Å². The van der Waals surface area contributed by atoms with Crippen LogP contribution in [-0.2, 0) is 22.7 Å². The van der Waals surface area contributed by atoms with Gasteiger partial charge in [0.1, 0.15) is 5.76 Å². The van der Waals surface area contributed by atoms with Gasteiger partial charge < -0.3 is 23.7 Å². The van der Waals surface area contributed by atoms with Crippen LogP contribution in [-0.4, -0.2) is 30.1 Å². The van der Waals surface area contributed by atoms with Crippen LogP contribution in [0.15, 0.2) is 58.5 Å². The molecule has 154 valence electrons. The van der Waals surface area contributed by atoms with E-state index in [9.17, 15) is 9.59 Å². The van der Waals surface area contributed by atoms with Gasteiger partial charge in [0.25, 0.3) is 0 Å². The Morgan fingerprint density at radius 2 is 2.03 bits per heavy atom. The lowest BCUT2D eigenvalue weighted by molar-refractivity contribution is -0.137. The summed E-state index contributed by atoms with van der Waals surface area (Å²) in [6, 6.07) is 13.0. The van der Waals surface area contributed by atoms with E-state index in [0.29, 0.717) is 31.1 Å². The summed E-state index contributed by atoms with van der Waals surface area (Å²) in [7, 11) is 0. The molecule has 1 atom stereocenters. The molecular formula is C22H20N2O5S. The van der Waals surface area contributed by atoms with Gasteiger partial charge in [-0.25, -0.2) is 0 Å². The molecule has 8 heteroatoms. The van der Waals surface area contributed by atoms with Crippen LogP contribution in [0.4, 0.5) is 5.69 Å². The van der Waals surface area contributed by atoms with Crippen molar-refractivity contribution in [2.75, 3.05) is 18.2 Å². The fraction of sp³-hybridized carbons (Fsp3) is 0.273. The van der Waals surface area contributed by atoms with E-state index in [-0.39, 0.29) is 25.0 Å². The van der Waals surface area contributed by atoms with Crippen molar-refractivity contribution < 1.29 is 23.5 Å². The molecule has 0 spiro atoms. The highest BCUT2D eigenvalue weighted by Gasteiger charge is 2.38. The molecule has 2 amide bonds. The summed E-state index contributed by atoms with van der Waals surface area (Å²) in [6.07, 6.45) is 1.79. The van der Waals surface area contributed by atoms with Crippen molar-refractivity contribution in [1.29, 1.82) is 0 Å². The van der Waals surface area contributed by atoms with Gasteiger partial charge in [-0.3, -0.25) is 9.59 Å². The number of ether oxygens (including phenoxy) is 2. The summed E-state index contributed by atoms with van der Waals surface area (Å²) in [6.45, 7) is 1.39. The van der Waals surface area contributed by atoms with E-state index in [1.54, 1.807) is 39.5 Å². The zero-order valence-corrected chi connectivity index (χ0v) is 17.0. The number of hydrogen-bond donors (Lipinski definition) is 0. The van der Waals surface area contributed by atoms with Crippen molar-refractivity contribution >= 4 is 28.8 Å². The lowest BCUT2D eigenvalue weighted by Gasteiger charge is -2.24. The molecule has 5 rings (SSSR count). The number of rotatable bonds is 6. The second-order valence-corrected chi connectivity index (χ2v) is 8.33. The van der Waals surface area contributed by atoms with Crippen molar-refractivity contribution in [3.05, 3.63) is 64.7 Å². The van der Waals surface area contributed by atoms with Crippen LogP contribution < -0.4 is 14.4 Å². The number of hydrogen-bond acceptors (Lipinski definition) is 6. The number of carbonyl (C=O) groups excluding carboxylic acids is 2. The van der Waals surface area contributed by atoms with Crippen LogP contribution in [0.25, 0.3) is 0 Å². The van der Waals surface area contributed by atoms with Gasteiger partial charge in [-0.05, 0) is 35.7 Å². The van der Waals surface area contributed by atoms with Crippen molar-refractivity contribution in [1.82, 2.24) is 4.90 Å². The quantitative estimate of drug-likeness (QED) is 0.604. The van der Waals surface area contributed by atoms with E-state index >= 15 is 0 Å². The van der Waals surface area contributed by atoms with Gasteiger partial charge in [-0.1, -0.05) is 6.07 Å². The summed E-state index contributed by atoms with van der Waals surface area (Å²) in [5.41, 5.74) is 0.718. The summed E-state index contributed by atoms with van der Waals surface area (Å²) >= 11 is 1.61. The van der Waals surface area contributed by atoms with E-state index in [0.717, 1.165) is 16.3 Å². The number of amides is 2. The van der Waals surface area contributed by atoms with Gasteiger partial charge in [0.15, 0.2) is 11.5 Å². The maximum atomic E-state index is 13.4. The average Bonchev–Trinajstić information content (AvgIpc) is 3.54. The molecule has 1 fully saturated rings. The zero-order valence-electron chi connectivity index (χ0n) is 16.2. The summed E-state index contributed by atoms with van der Waals surface area (Å²) in [5, 5.41) is 1.99. The normalized spacial score (nSPS) is 17.5. The van der Waals surface area contributed by atoms with Crippen LogP contribution >= 0.6 is 11.3 Å². The van der Waals surface area contributed by atoms with Crippen LogP contribution in [0.3, 0.4) is 0 Å². The fourth-order valence-electron chi connectivity index (χ4n) is 3.83. The molecule has 2 aromatic heterocycles. The first-order valence-corrected chi connectivity index (χ1v) is 10.6. The standard InChI is InChI=1S/C22H20N2O5S/c25-21-9-15(11-24(21)16-5-6-19-20(10-16)29-14-28-19)22(26)23(12-17-3-1-7-27-17)13-18-4-2-8-30-18/h1-8,10,15H,9,11-14H2. The van der Waals surface area contributed by atoms with Crippen molar-refractivity contribution in [3.8, 4) is 11.5 Å². The number of anilines is 1. The molecule has 2 aliphatic rings. The summed E-state index contributed by atoms with van der Waals surface area (Å²) in [5.74, 6) is 1.48. The monoisotopic (exact) mass is 424 g/mol. The Morgan fingerprint density at radius 3 is 2.83 bits per heavy atom. The molecule has 0 bridgehead atoms. The van der Waals surface area contributed by atoms with Crippen molar-refractivity contribution in [3.63, 3.8) is 0 Å². The molecule has 7 nitrogen and oxygen atoms in total. The molecule has 1 unspecified atom stereocenters. The average molecular weight is 424 g/mol. The number of carbonyl (C=O) groups is 2. The third kappa shape index (κ3) is 3.66. The summed E-state index contributed by atoms with van der Waals surface area (Å²) in [4.78, 5) is 30.6. The van der Waals surface area contributed by atoms with Gasteiger partial charge in [0.2, 0.25) is 18.6 Å². The van der Waals surface area contributed by atoms with Crippen molar-refractivity contribution in [2.24, 2.45) is 5.92 Å². The van der Waals surface area contributed by atoms with E-state index in [1.807, 2.05) is 35.7 Å². The molecule has 1 aromatic carbocycles. The molecule has 1 saturated heterocycles. The second-order valence-electron chi connectivity index (χ2n) is 7.30. The largest absolute Gasteiger partial charge is 0.467 e. The van der Waals surface area contributed by atoms with Crippen molar-refractivity contribution in [2.45, 2.75) is 19.5 Å². The highest BCUT2D eigenvalue weighted by molar-refractivity contribution is 7.09. The number of benzene rings is 1.